The number of aromatic nitrogens is 2. The van der Waals surface area contributed by atoms with Crippen LogP contribution in [0.4, 0.5) is 4.79 Å². The van der Waals surface area contributed by atoms with Gasteiger partial charge >= 0.3 is 12.1 Å². The lowest BCUT2D eigenvalue weighted by Crippen LogP contribution is -2.48. The molecular weight excluding hydrogens is 270 g/mol. The van der Waals surface area contributed by atoms with Gasteiger partial charge in [-0.2, -0.15) is 0 Å². The van der Waals surface area contributed by atoms with E-state index in [9.17, 15) is 4.79 Å². The van der Waals surface area contributed by atoms with E-state index in [1.165, 1.54) is 0 Å². The molecule has 1 fully saturated rings. The molecule has 1 aliphatic rings. The van der Waals surface area contributed by atoms with E-state index < -0.39 is 5.60 Å². The van der Waals surface area contributed by atoms with Crippen molar-refractivity contribution in [3.8, 4) is 6.01 Å². The average Bonchev–Trinajstić information content (AvgIpc) is 2.45. The van der Waals surface area contributed by atoms with Crippen LogP contribution in [0.2, 0.25) is 0 Å². The lowest BCUT2D eigenvalue weighted by molar-refractivity contribution is 0.00306. The third-order valence-corrected chi connectivity index (χ3v) is 3.20. The summed E-state index contributed by atoms with van der Waals surface area (Å²) in [5.74, 6) is 0. The number of piperidine rings is 1. The van der Waals surface area contributed by atoms with Crippen LogP contribution in [-0.2, 0) is 4.74 Å². The molecule has 2 rings (SSSR count). The summed E-state index contributed by atoms with van der Waals surface area (Å²) in [5, 5.41) is 0. The fourth-order valence-corrected chi connectivity index (χ4v) is 2.27. The van der Waals surface area contributed by atoms with Crippen LogP contribution in [0.15, 0.2) is 18.5 Å². The van der Waals surface area contributed by atoms with Crippen LogP contribution in [0, 0.1) is 0 Å². The van der Waals surface area contributed by atoms with Gasteiger partial charge in [-0.05, 0) is 46.1 Å². The van der Waals surface area contributed by atoms with Gasteiger partial charge in [-0.25, -0.2) is 14.8 Å². The fraction of sp³-hybridized carbons (Fsp3) is 0.667. The Kier molecular flexibility index (Phi) is 4.98. The summed E-state index contributed by atoms with van der Waals surface area (Å²) < 4.78 is 11.0. The Morgan fingerprint density at radius 1 is 1.33 bits per heavy atom. The van der Waals surface area contributed by atoms with Gasteiger partial charge in [0.2, 0.25) is 0 Å². The quantitative estimate of drug-likeness (QED) is 0.857. The second-order valence-corrected chi connectivity index (χ2v) is 6.17. The summed E-state index contributed by atoms with van der Waals surface area (Å²) >= 11 is 0. The molecule has 0 radical (unpaired) electrons. The molecule has 1 amide bonds. The van der Waals surface area contributed by atoms with Crippen molar-refractivity contribution in [3.05, 3.63) is 18.5 Å². The SMILES string of the molecule is CC(C)(C)OC(=O)N1CCCC[C@H]1COc1ncccn1. The molecule has 0 bridgehead atoms. The molecular formula is C15H23N3O3. The zero-order chi connectivity index (χ0) is 15.3. The Bertz CT molecular complexity index is 459. The molecule has 0 unspecified atom stereocenters. The lowest BCUT2D eigenvalue weighted by Gasteiger charge is -2.36. The lowest BCUT2D eigenvalue weighted by atomic mass is 10.0. The number of nitrogens with zero attached hydrogens (tertiary/aromatic N) is 3. The van der Waals surface area contributed by atoms with Gasteiger partial charge in [-0.1, -0.05) is 0 Å². The Hall–Kier alpha value is -1.85. The normalized spacial score (nSPS) is 19.2. The third-order valence-electron chi connectivity index (χ3n) is 3.20. The molecule has 21 heavy (non-hydrogen) atoms. The highest BCUT2D eigenvalue weighted by Crippen LogP contribution is 2.20. The smallest absolute Gasteiger partial charge is 0.410 e. The summed E-state index contributed by atoms with van der Waals surface area (Å²) in [5.41, 5.74) is -0.484. The van der Waals surface area contributed by atoms with E-state index in [0.29, 0.717) is 19.2 Å². The van der Waals surface area contributed by atoms with Gasteiger partial charge in [0.25, 0.3) is 0 Å². The number of rotatable bonds is 3. The monoisotopic (exact) mass is 293 g/mol. The maximum Gasteiger partial charge on any atom is 0.410 e. The Morgan fingerprint density at radius 3 is 2.71 bits per heavy atom. The standard InChI is InChI=1S/C15H23N3O3/c1-15(2,3)21-14(19)18-10-5-4-7-12(18)11-20-13-16-8-6-9-17-13/h6,8-9,12H,4-5,7,10-11H2,1-3H3/t12-/m0/s1. The summed E-state index contributed by atoms with van der Waals surface area (Å²) in [6.07, 6.45) is 5.99. The van der Waals surface area contributed by atoms with Crippen molar-refractivity contribution >= 4 is 6.09 Å². The van der Waals surface area contributed by atoms with Crippen molar-refractivity contribution in [1.82, 2.24) is 14.9 Å². The zero-order valence-electron chi connectivity index (χ0n) is 12.9. The molecule has 0 spiro atoms. The van der Waals surface area contributed by atoms with Crippen LogP contribution in [-0.4, -0.2) is 45.8 Å². The van der Waals surface area contributed by atoms with Crippen LogP contribution in [0.1, 0.15) is 40.0 Å². The second-order valence-electron chi connectivity index (χ2n) is 6.17. The Morgan fingerprint density at radius 2 is 2.05 bits per heavy atom. The van der Waals surface area contributed by atoms with Gasteiger partial charge in [-0.3, -0.25) is 0 Å². The van der Waals surface area contributed by atoms with Gasteiger partial charge in [0.15, 0.2) is 0 Å². The molecule has 0 saturated carbocycles. The molecule has 6 nitrogen and oxygen atoms in total. The predicted octanol–water partition coefficient (Wildman–Crippen LogP) is 2.65. The van der Waals surface area contributed by atoms with E-state index in [1.807, 2.05) is 20.8 Å². The van der Waals surface area contributed by atoms with Gasteiger partial charge in [0.1, 0.15) is 12.2 Å². The third kappa shape index (κ3) is 4.88. The largest absolute Gasteiger partial charge is 0.461 e. The molecule has 1 saturated heterocycles. The highest BCUT2D eigenvalue weighted by molar-refractivity contribution is 5.68. The number of hydrogen-bond acceptors (Lipinski definition) is 5. The van der Waals surface area contributed by atoms with Crippen molar-refractivity contribution in [3.63, 3.8) is 0 Å². The van der Waals surface area contributed by atoms with Crippen LogP contribution >= 0.6 is 0 Å². The van der Waals surface area contributed by atoms with E-state index >= 15 is 0 Å². The molecule has 2 heterocycles. The van der Waals surface area contributed by atoms with Gasteiger partial charge in [0, 0.05) is 18.9 Å². The van der Waals surface area contributed by atoms with Crippen LogP contribution < -0.4 is 4.74 Å². The molecule has 1 aliphatic heterocycles. The number of amides is 1. The van der Waals surface area contributed by atoms with Crippen molar-refractivity contribution < 1.29 is 14.3 Å². The average molecular weight is 293 g/mol. The first kappa shape index (κ1) is 15.5. The van der Waals surface area contributed by atoms with Crippen molar-refractivity contribution in [2.75, 3.05) is 13.2 Å². The van der Waals surface area contributed by atoms with Crippen molar-refractivity contribution in [2.24, 2.45) is 0 Å². The second kappa shape index (κ2) is 6.74. The molecule has 0 aliphatic carbocycles. The molecule has 6 heteroatoms. The molecule has 0 N–H and O–H groups in total. The number of likely N-dealkylation sites (tertiary alicyclic amines) is 1. The summed E-state index contributed by atoms with van der Waals surface area (Å²) in [6.45, 7) is 6.72. The Balaban J connectivity index is 1.94. The Labute approximate surface area is 125 Å². The van der Waals surface area contributed by atoms with E-state index in [0.717, 1.165) is 19.3 Å². The van der Waals surface area contributed by atoms with Gasteiger partial charge in [0.05, 0.1) is 6.04 Å². The number of carbonyl (C=O) groups is 1. The fourth-order valence-electron chi connectivity index (χ4n) is 2.27. The predicted molar refractivity (Wildman–Crippen MR) is 78.1 cm³/mol. The molecule has 116 valence electrons. The summed E-state index contributed by atoms with van der Waals surface area (Å²) in [7, 11) is 0. The minimum atomic E-state index is -0.484. The van der Waals surface area contributed by atoms with E-state index in [-0.39, 0.29) is 12.1 Å². The number of ether oxygens (including phenoxy) is 2. The van der Waals surface area contributed by atoms with E-state index in [4.69, 9.17) is 9.47 Å². The summed E-state index contributed by atoms with van der Waals surface area (Å²) in [6, 6.07) is 2.09. The molecule has 0 aromatic carbocycles. The minimum Gasteiger partial charge on any atom is -0.461 e. The van der Waals surface area contributed by atoms with Crippen LogP contribution in [0.3, 0.4) is 0 Å². The highest BCUT2D eigenvalue weighted by Gasteiger charge is 2.30. The van der Waals surface area contributed by atoms with E-state index in [2.05, 4.69) is 9.97 Å². The number of hydrogen-bond donors (Lipinski definition) is 0. The first-order chi connectivity index (χ1) is 9.96. The van der Waals surface area contributed by atoms with Gasteiger partial charge in [-0.15, -0.1) is 0 Å². The van der Waals surface area contributed by atoms with Crippen LogP contribution in [0.5, 0.6) is 6.01 Å². The molecule has 1 aromatic rings. The topological polar surface area (TPSA) is 64.5 Å². The molecule has 1 aromatic heterocycles. The van der Waals surface area contributed by atoms with Crippen LogP contribution in [0.25, 0.3) is 0 Å². The number of carbonyl (C=O) groups excluding carboxylic acids is 1. The van der Waals surface area contributed by atoms with Crippen molar-refractivity contribution in [2.45, 2.75) is 51.7 Å². The maximum absolute atomic E-state index is 12.3. The summed E-state index contributed by atoms with van der Waals surface area (Å²) in [4.78, 5) is 22.1. The maximum atomic E-state index is 12.3. The first-order valence-electron chi connectivity index (χ1n) is 7.35. The zero-order valence-corrected chi connectivity index (χ0v) is 12.9. The van der Waals surface area contributed by atoms with Crippen molar-refractivity contribution in [1.29, 1.82) is 0 Å². The minimum absolute atomic E-state index is 0.0115. The molecule has 1 atom stereocenters. The highest BCUT2D eigenvalue weighted by atomic mass is 16.6. The van der Waals surface area contributed by atoms with Gasteiger partial charge < -0.3 is 14.4 Å². The van der Waals surface area contributed by atoms with E-state index in [1.54, 1.807) is 23.4 Å². The first-order valence-corrected chi connectivity index (χ1v) is 7.35.